The number of amides is 1. The van der Waals surface area contributed by atoms with E-state index < -0.39 is 23.3 Å². The Morgan fingerprint density at radius 1 is 0.919 bits per heavy atom. The lowest BCUT2D eigenvalue weighted by Gasteiger charge is -2.37. The molecule has 6 heteroatoms. The first-order valence-corrected chi connectivity index (χ1v) is 12.6. The molecular weight excluding hydrogens is 466 g/mol. The van der Waals surface area contributed by atoms with Gasteiger partial charge in [0.2, 0.25) is 5.91 Å². The number of carbonyl (C=O) groups is 2. The molecule has 1 spiro atoms. The zero-order valence-corrected chi connectivity index (χ0v) is 20.9. The molecule has 0 radical (unpaired) electrons. The third-order valence-corrected chi connectivity index (χ3v) is 7.40. The van der Waals surface area contributed by atoms with Crippen LogP contribution in [0, 0.1) is 0 Å². The Labute approximate surface area is 216 Å². The molecule has 3 aromatic rings. The largest absolute Gasteiger partial charge is 0.457 e. The van der Waals surface area contributed by atoms with Gasteiger partial charge in [-0.05, 0) is 49.1 Å². The topological polar surface area (TPSA) is 65.1 Å². The van der Waals surface area contributed by atoms with E-state index in [0.29, 0.717) is 18.5 Å². The zero-order chi connectivity index (χ0) is 25.6. The van der Waals surface area contributed by atoms with E-state index in [1.54, 1.807) is 11.0 Å². The predicted molar refractivity (Wildman–Crippen MR) is 139 cm³/mol. The minimum Gasteiger partial charge on any atom is -0.457 e. The van der Waals surface area contributed by atoms with Crippen molar-refractivity contribution >= 4 is 17.6 Å². The number of esters is 1. The van der Waals surface area contributed by atoms with Crippen molar-refractivity contribution in [1.29, 1.82) is 0 Å². The van der Waals surface area contributed by atoms with Crippen molar-refractivity contribution in [2.75, 3.05) is 4.90 Å². The average molecular weight is 496 g/mol. The molecule has 2 heterocycles. The van der Waals surface area contributed by atoms with Crippen molar-refractivity contribution in [2.45, 2.75) is 56.8 Å². The first-order chi connectivity index (χ1) is 17.9. The summed E-state index contributed by atoms with van der Waals surface area (Å²) in [5.41, 5.74) is 2.59. The Bertz CT molecular complexity index is 1370. The molecular formula is C31H29NO5. The van der Waals surface area contributed by atoms with Gasteiger partial charge in [0, 0.05) is 5.69 Å². The van der Waals surface area contributed by atoms with Crippen LogP contribution < -0.4 is 4.90 Å². The highest BCUT2D eigenvalue weighted by Crippen LogP contribution is 2.54. The summed E-state index contributed by atoms with van der Waals surface area (Å²) in [7, 11) is 0. The Morgan fingerprint density at radius 2 is 1.57 bits per heavy atom. The van der Waals surface area contributed by atoms with Crippen molar-refractivity contribution in [3.05, 3.63) is 113 Å². The molecule has 0 saturated carbocycles. The number of nitrogens with zero attached hydrogens (tertiary/aromatic N) is 1. The summed E-state index contributed by atoms with van der Waals surface area (Å²) >= 11 is 0. The molecule has 2 aliphatic heterocycles. The van der Waals surface area contributed by atoms with E-state index in [1.807, 2.05) is 98.8 Å². The van der Waals surface area contributed by atoms with Gasteiger partial charge in [0.15, 0.2) is 5.79 Å². The van der Waals surface area contributed by atoms with Crippen LogP contribution in [0.2, 0.25) is 0 Å². The second-order valence-corrected chi connectivity index (χ2v) is 10.3. The van der Waals surface area contributed by atoms with E-state index >= 15 is 0 Å². The number of hydrogen-bond donors (Lipinski definition) is 0. The molecule has 3 atom stereocenters. The number of benzene rings is 3. The number of rotatable bonds is 5. The van der Waals surface area contributed by atoms with E-state index in [9.17, 15) is 9.59 Å². The van der Waals surface area contributed by atoms with Gasteiger partial charge in [-0.2, -0.15) is 0 Å². The molecule has 6 nitrogen and oxygen atoms in total. The molecule has 3 aliphatic rings. The molecule has 188 valence electrons. The minimum atomic E-state index is -1.22. The van der Waals surface area contributed by atoms with Gasteiger partial charge in [-0.1, -0.05) is 78.9 Å². The standard InChI is InChI=1S/C31H29NO5/c1-30(2)36-26-17-24(28(33)35-20-22-13-7-4-8-14-22)31(18-27(26)37-30)23-15-9-10-16-25(23)32(29(31)34)19-21-11-5-3-6-12-21/h3-17,26-27H,18-20H2,1-2H3/t26-,27-,31-/m1/s1. The second-order valence-electron chi connectivity index (χ2n) is 10.3. The lowest BCUT2D eigenvalue weighted by molar-refractivity contribution is -0.145. The van der Waals surface area contributed by atoms with Gasteiger partial charge in [-0.3, -0.25) is 4.79 Å². The van der Waals surface area contributed by atoms with Gasteiger partial charge in [-0.15, -0.1) is 0 Å². The Hall–Kier alpha value is -3.74. The lowest BCUT2D eigenvalue weighted by Crippen LogP contribution is -2.50. The third-order valence-electron chi connectivity index (χ3n) is 7.40. The van der Waals surface area contributed by atoms with Crippen LogP contribution in [0.4, 0.5) is 5.69 Å². The fourth-order valence-corrected chi connectivity index (χ4v) is 5.83. The van der Waals surface area contributed by atoms with Crippen LogP contribution in [-0.4, -0.2) is 29.9 Å². The molecule has 0 bridgehead atoms. The fraction of sp³-hybridized carbons (Fsp3) is 0.290. The van der Waals surface area contributed by atoms with Crippen LogP contribution in [0.5, 0.6) is 0 Å². The van der Waals surface area contributed by atoms with Crippen molar-refractivity contribution in [1.82, 2.24) is 0 Å². The zero-order valence-electron chi connectivity index (χ0n) is 20.9. The molecule has 0 N–H and O–H groups in total. The normalized spacial score (nSPS) is 25.5. The van der Waals surface area contributed by atoms with Crippen LogP contribution in [0.3, 0.4) is 0 Å². The van der Waals surface area contributed by atoms with Crippen LogP contribution >= 0.6 is 0 Å². The Morgan fingerprint density at radius 3 is 2.30 bits per heavy atom. The van der Waals surface area contributed by atoms with Crippen LogP contribution in [0.25, 0.3) is 0 Å². The smallest absolute Gasteiger partial charge is 0.335 e. The van der Waals surface area contributed by atoms with Crippen molar-refractivity contribution in [3.8, 4) is 0 Å². The number of anilines is 1. The van der Waals surface area contributed by atoms with E-state index in [0.717, 1.165) is 22.4 Å². The predicted octanol–water partition coefficient (Wildman–Crippen LogP) is 5.06. The highest BCUT2D eigenvalue weighted by atomic mass is 16.7. The van der Waals surface area contributed by atoms with E-state index in [-0.39, 0.29) is 18.6 Å². The summed E-state index contributed by atoms with van der Waals surface area (Å²) in [5.74, 6) is -1.48. The Balaban J connectivity index is 1.42. The van der Waals surface area contributed by atoms with Crippen molar-refractivity contribution in [3.63, 3.8) is 0 Å². The molecule has 0 aromatic heterocycles. The van der Waals surface area contributed by atoms with Crippen molar-refractivity contribution < 1.29 is 23.8 Å². The SMILES string of the molecule is CC1(C)O[C@@H]2C=C(C(=O)OCc3ccccc3)[C@]3(C[C@H]2O1)C(=O)N(Cc1ccccc1)c1ccccc13. The number of ether oxygens (including phenoxy) is 3. The quantitative estimate of drug-likeness (QED) is 0.463. The minimum absolute atomic E-state index is 0.119. The first kappa shape index (κ1) is 23.6. The van der Waals surface area contributed by atoms with E-state index in [1.165, 1.54) is 0 Å². The fourth-order valence-electron chi connectivity index (χ4n) is 5.83. The summed E-state index contributed by atoms with van der Waals surface area (Å²) in [5, 5.41) is 0. The maximum Gasteiger partial charge on any atom is 0.335 e. The molecule has 1 aliphatic carbocycles. The van der Waals surface area contributed by atoms with Crippen LogP contribution in [0.1, 0.15) is 37.0 Å². The molecule has 6 rings (SSSR count). The van der Waals surface area contributed by atoms with Gasteiger partial charge in [-0.25, -0.2) is 4.79 Å². The monoisotopic (exact) mass is 495 g/mol. The highest BCUT2D eigenvalue weighted by molar-refractivity contribution is 6.15. The van der Waals surface area contributed by atoms with Crippen molar-refractivity contribution in [2.24, 2.45) is 0 Å². The summed E-state index contributed by atoms with van der Waals surface area (Å²) < 4.78 is 18.1. The number of fused-ring (bicyclic) bond motifs is 3. The highest BCUT2D eigenvalue weighted by Gasteiger charge is 2.61. The third kappa shape index (κ3) is 4.06. The summed E-state index contributed by atoms with van der Waals surface area (Å²) in [6.07, 6.45) is 1.25. The molecule has 0 unspecified atom stereocenters. The molecule has 1 fully saturated rings. The van der Waals surface area contributed by atoms with Gasteiger partial charge >= 0.3 is 5.97 Å². The molecule has 1 amide bonds. The van der Waals surface area contributed by atoms with Gasteiger partial charge in [0.25, 0.3) is 0 Å². The van der Waals surface area contributed by atoms with Crippen LogP contribution in [0.15, 0.2) is 96.6 Å². The lowest BCUT2D eigenvalue weighted by atomic mass is 9.67. The maximum atomic E-state index is 14.5. The molecule has 3 aromatic carbocycles. The average Bonchev–Trinajstić information content (AvgIpc) is 3.33. The first-order valence-electron chi connectivity index (χ1n) is 12.6. The Kier molecular flexibility index (Phi) is 5.74. The number of hydrogen-bond acceptors (Lipinski definition) is 5. The van der Waals surface area contributed by atoms with Gasteiger partial charge in [0.05, 0.1) is 18.2 Å². The van der Waals surface area contributed by atoms with E-state index in [4.69, 9.17) is 14.2 Å². The number of carbonyl (C=O) groups excluding carboxylic acids is 2. The maximum absolute atomic E-state index is 14.5. The number of para-hydroxylation sites is 1. The van der Waals surface area contributed by atoms with E-state index in [2.05, 4.69) is 0 Å². The summed E-state index contributed by atoms with van der Waals surface area (Å²) in [6, 6.07) is 27.1. The van der Waals surface area contributed by atoms with Gasteiger partial charge in [0.1, 0.15) is 18.1 Å². The second kappa shape index (κ2) is 8.98. The van der Waals surface area contributed by atoms with Crippen LogP contribution in [-0.2, 0) is 42.4 Å². The summed E-state index contributed by atoms with van der Waals surface area (Å²) in [4.78, 5) is 30.0. The van der Waals surface area contributed by atoms with Gasteiger partial charge < -0.3 is 19.1 Å². The molecule has 37 heavy (non-hydrogen) atoms. The molecule has 1 saturated heterocycles. The summed E-state index contributed by atoms with van der Waals surface area (Å²) in [6.45, 7) is 4.23.